The fourth-order valence-electron chi connectivity index (χ4n) is 8.72. The van der Waals surface area contributed by atoms with Crippen molar-refractivity contribution in [3.05, 3.63) is 224 Å². The zero-order chi connectivity index (χ0) is 38.4. The van der Waals surface area contributed by atoms with Gasteiger partial charge >= 0.3 is 0 Å². The van der Waals surface area contributed by atoms with Gasteiger partial charge in [0.25, 0.3) is 0 Å². The van der Waals surface area contributed by atoms with Gasteiger partial charge in [-0.25, -0.2) is 0 Å². The Kier molecular flexibility index (Phi) is 8.42. The van der Waals surface area contributed by atoms with Crippen molar-refractivity contribution in [1.82, 2.24) is 0 Å². The van der Waals surface area contributed by atoms with Crippen molar-refractivity contribution in [1.29, 1.82) is 0 Å². The minimum Gasteiger partial charge on any atom is -0.310 e. The lowest BCUT2D eigenvalue weighted by molar-refractivity contribution is 1.30. The maximum atomic E-state index is 2.45. The van der Waals surface area contributed by atoms with Crippen LogP contribution in [0.15, 0.2) is 224 Å². The molecule has 0 spiro atoms. The van der Waals surface area contributed by atoms with Crippen LogP contribution in [0.4, 0.5) is 17.1 Å². The molecular weight excluding hydrogens is 719 g/mol. The van der Waals surface area contributed by atoms with Crippen LogP contribution in [0.2, 0.25) is 0 Å². The van der Waals surface area contributed by atoms with Crippen molar-refractivity contribution in [2.24, 2.45) is 0 Å². The molecular formula is C56H37NS. The van der Waals surface area contributed by atoms with Gasteiger partial charge in [0.1, 0.15) is 0 Å². The molecule has 11 rings (SSSR count). The normalized spacial score (nSPS) is 11.4. The molecule has 1 nitrogen and oxygen atoms in total. The topological polar surface area (TPSA) is 3.24 Å². The predicted octanol–water partition coefficient (Wildman–Crippen LogP) is 16.5. The number of hydrogen-bond acceptors (Lipinski definition) is 2. The molecule has 1 aromatic heterocycles. The summed E-state index contributed by atoms with van der Waals surface area (Å²) >= 11 is 1.87. The molecule has 58 heavy (non-hydrogen) atoms. The third-order valence-corrected chi connectivity index (χ3v) is 12.6. The summed E-state index contributed by atoms with van der Waals surface area (Å²) in [6, 6.07) is 81.8. The average molecular weight is 756 g/mol. The Bertz CT molecular complexity index is 3250. The molecule has 0 N–H and O–H groups in total. The van der Waals surface area contributed by atoms with E-state index in [0.29, 0.717) is 0 Å². The Morgan fingerprint density at radius 2 is 0.793 bits per heavy atom. The molecule has 2 heteroatoms. The van der Waals surface area contributed by atoms with E-state index in [9.17, 15) is 0 Å². The molecule has 0 atom stereocenters. The number of hydrogen-bond donors (Lipinski definition) is 0. The highest BCUT2D eigenvalue weighted by molar-refractivity contribution is 7.26. The Morgan fingerprint density at radius 3 is 1.48 bits per heavy atom. The zero-order valence-electron chi connectivity index (χ0n) is 31.7. The van der Waals surface area contributed by atoms with E-state index in [1.807, 2.05) is 11.3 Å². The maximum absolute atomic E-state index is 2.45. The number of anilines is 3. The minimum absolute atomic E-state index is 1.11. The van der Waals surface area contributed by atoms with Crippen LogP contribution in [0, 0.1) is 0 Å². The van der Waals surface area contributed by atoms with Gasteiger partial charge in [-0.05, 0) is 115 Å². The first-order chi connectivity index (χ1) is 28.8. The SMILES string of the molecule is c1ccc(-c2cccc(-c3ccc(N(c4ccc(-c5cccc6cccc(-c7ccccc7)c56)cc4)c4cccc5sc6ccc7ccccc7c6c45)cc3)c2)cc1. The molecule has 0 aliphatic heterocycles. The van der Waals surface area contributed by atoms with Crippen molar-refractivity contribution < 1.29 is 0 Å². The van der Waals surface area contributed by atoms with Crippen LogP contribution in [0.5, 0.6) is 0 Å². The molecule has 0 amide bonds. The molecule has 0 unspecified atom stereocenters. The summed E-state index contributed by atoms with van der Waals surface area (Å²) in [7, 11) is 0. The van der Waals surface area contributed by atoms with Gasteiger partial charge in [0.15, 0.2) is 0 Å². The fraction of sp³-hybridized carbons (Fsp3) is 0. The first kappa shape index (κ1) is 34.0. The molecule has 0 radical (unpaired) electrons. The summed E-state index contributed by atoms with van der Waals surface area (Å²) in [5.41, 5.74) is 13.1. The second kappa shape index (κ2) is 14.4. The highest BCUT2D eigenvalue weighted by atomic mass is 32.1. The number of benzene rings is 10. The molecule has 0 aliphatic carbocycles. The van der Waals surface area contributed by atoms with Crippen molar-refractivity contribution in [2.45, 2.75) is 0 Å². The lowest BCUT2D eigenvalue weighted by Gasteiger charge is -2.27. The van der Waals surface area contributed by atoms with Crippen LogP contribution < -0.4 is 4.90 Å². The van der Waals surface area contributed by atoms with Gasteiger partial charge < -0.3 is 4.90 Å². The second-order valence-electron chi connectivity index (χ2n) is 14.9. The largest absolute Gasteiger partial charge is 0.310 e. The summed E-state index contributed by atoms with van der Waals surface area (Å²) in [4.78, 5) is 2.45. The smallest absolute Gasteiger partial charge is 0.0555 e. The van der Waals surface area contributed by atoms with Crippen LogP contribution in [0.1, 0.15) is 0 Å². The van der Waals surface area contributed by atoms with Crippen LogP contribution in [-0.2, 0) is 0 Å². The molecule has 0 saturated carbocycles. The first-order valence-electron chi connectivity index (χ1n) is 19.8. The summed E-state index contributed by atoms with van der Waals surface area (Å²) in [5.74, 6) is 0. The van der Waals surface area contributed by atoms with Crippen molar-refractivity contribution in [3.8, 4) is 44.5 Å². The maximum Gasteiger partial charge on any atom is 0.0555 e. The van der Waals surface area contributed by atoms with Crippen LogP contribution in [0.25, 0.3) is 86.2 Å². The van der Waals surface area contributed by atoms with Crippen molar-refractivity contribution in [3.63, 3.8) is 0 Å². The Morgan fingerprint density at radius 1 is 0.293 bits per heavy atom. The first-order valence-corrected chi connectivity index (χ1v) is 20.7. The summed E-state index contributed by atoms with van der Waals surface area (Å²) < 4.78 is 2.58. The number of fused-ring (bicyclic) bond motifs is 6. The van der Waals surface area contributed by atoms with Gasteiger partial charge in [-0.15, -0.1) is 11.3 Å². The molecule has 272 valence electrons. The third-order valence-electron chi connectivity index (χ3n) is 11.5. The van der Waals surface area contributed by atoms with E-state index in [1.54, 1.807) is 0 Å². The Balaban J connectivity index is 1.07. The lowest BCUT2D eigenvalue weighted by Crippen LogP contribution is -2.10. The van der Waals surface area contributed by atoms with Crippen molar-refractivity contribution >= 4 is 70.1 Å². The summed E-state index contributed by atoms with van der Waals surface area (Å²) in [6.45, 7) is 0. The highest BCUT2D eigenvalue weighted by Gasteiger charge is 2.20. The molecule has 0 fully saturated rings. The highest BCUT2D eigenvalue weighted by Crippen LogP contribution is 2.47. The van der Waals surface area contributed by atoms with E-state index in [0.717, 1.165) is 11.4 Å². The number of nitrogens with zero attached hydrogens (tertiary/aromatic N) is 1. The van der Waals surface area contributed by atoms with Gasteiger partial charge in [0.05, 0.1) is 5.69 Å². The fourth-order valence-corrected chi connectivity index (χ4v) is 9.87. The van der Waals surface area contributed by atoms with Gasteiger partial charge in [0.2, 0.25) is 0 Å². The lowest BCUT2D eigenvalue weighted by atomic mass is 9.91. The molecule has 10 aromatic carbocycles. The van der Waals surface area contributed by atoms with E-state index < -0.39 is 0 Å². The van der Waals surface area contributed by atoms with E-state index in [4.69, 9.17) is 0 Å². The van der Waals surface area contributed by atoms with Gasteiger partial charge in [-0.3, -0.25) is 0 Å². The second-order valence-corrected chi connectivity index (χ2v) is 15.9. The predicted molar refractivity (Wildman–Crippen MR) is 251 cm³/mol. The number of thiophene rings is 1. The van der Waals surface area contributed by atoms with Crippen LogP contribution >= 0.6 is 11.3 Å². The minimum atomic E-state index is 1.11. The standard InChI is InChI=1S/C56H37NS/c1-3-13-38(14-4-1)44-20-9-21-45(37-44)39-27-32-46(33-28-39)57(51-25-12-26-52-56(51)55-50-22-8-7-17-41(50)31-36-53(55)58-52)47-34-29-42(30-35-47)49-24-11-19-43-18-10-23-48(54(43)49)40-15-5-2-6-16-40/h1-37H. The van der Waals surface area contributed by atoms with Crippen LogP contribution in [-0.4, -0.2) is 0 Å². The van der Waals surface area contributed by atoms with E-state index in [-0.39, 0.29) is 0 Å². The zero-order valence-corrected chi connectivity index (χ0v) is 32.5. The van der Waals surface area contributed by atoms with Gasteiger partial charge in [0, 0.05) is 31.5 Å². The summed E-state index contributed by atoms with van der Waals surface area (Å²) in [6.07, 6.45) is 0. The molecule has 0 saturated heterocycles. The summed E-state index contributed by atoms with van der Waals surface area (Å²) in [5, 5.41) is 7.65. The van der Waals surface area contributed by atoms with E-state index >= 15 is 0 Å². The average Bonchev–Trinajstić information content (AvgIpc) is 3.70. The van der Waals surface area contributed by atoms with Gasteiger partial charge in [-0.1, -0.05) is 176 Å². The molecule has 0 aliphatic rings. The monoisotopic (exact) mass is 755 g/mol. The number of rotatable bonds is 7. The van der Waals surface area contributed by atoms with Crippen molar-refractivity contribution in [2.75, 3.05) is 4.90 Å². The molecule has 0 bridgehead atoms. The van der Waals surface area contributed by atoms with Crippen LogP contribution in [0.3, 0.4) is 0 Å². The third kappa shape index (κ3) is 5.94. The quantitative estimate of drug-likeness (QED) is 0.157. The Hall–Kier alpha value is -7.26. The molecule has 1 heterocycles. The van der Waals surface area contributed by atoms with E-state index in [2.05, 4.69) is 229 Å². The molecule has 11 aromatic rings. The Labute approximate surface area is 342 Å². The van der Waals surface area contributed by atoms with E-state index in [1.165, 1.54) is 91.9 Å². The van der Waals surface area contributed by atoms with Gasteiger partial charge in [-0.2, -0.15) is 0 Å².